The van der Waals surface area contributed by atoms with E-state index >= 15 is 0 Å². The van der Waals surface area contributed by atoms with Gasteiger partial charge in [0.15, 0.2) is 11.4 Å². The lowest BCUT2D eigenvalue weighted by Crippen LogP contribution is -1.95. The zero-order chi connectivity index (χ0) is 8.55. The van der Waals surface area contributed by atoms with E-state index < -0.39 is 11.4 Å². The summed E-state index contributed by atoms with van der Waals surface area (Å²) in [7, 11) is 0. The molecule has 0 unspecified atom stereocenters. The molecule has 0 aliphatic heterocycles. The number of para-hydroxylation sites is 1. The minimum Gasteiger partial charge on any atom is -0.420 e. The van der Waals surface area contributed by atoms with Crippen LogP contribution in [0.4, 0.5) is 4.39 Å². The highest BCUT2D eigenvalue weighted by Crippen LogP contribution is 2.14. The molecule has 1 heterocycles. The Balaban J connectivity index is 2.97. The number of benzene rings is 1. The maximum absolute atomic E-state index is 12.9. The van der Waals surface area contributed by atoms with Gasteiger partial charge in [0.1, 0.15) is 0 Å². The van der Waals surface area contributed by atoms with Crippen LogP contribution in [0.2, 0.25) is 0 Å². The van der Waals surface area contributed by atoms with E-state index in [1.807, 2.05) is 0 Å². The van der Waals surface area contributed by atoms with Crippen LogP contribution >= 0.6 is 0 Å². The summed E-state index contributed by atoms with van der Waals surface area (Å²) in [5, 5.41) is 0.592. The van der Waals surface area contributed by atoms with Crippen molar-refractivity contribution < 1.29 is 8.81 Å². The molecule has 0 bridgehead atoms. The van der Waals surface area contributed by atoms with E-state index in [9.17, 15) is 9.18 Å². The van der Waals surface area contributed by atoms with Gasteiger partial charge in [-0.3, -0.25) is 0 Å². The second-order valence-corrected chi connectivity index (χ2v) is 2.41. The Morgan fingerprint density at radius 2 is 2.00 bits per heavy atom. The molecule has 0 spiro atoms. The van der Waals surface area contributed by atoms with Crippen LogP contribution in [-0.4, -0.2) is 0 Å². The van der Waals surface area contributed by atoms with Gasteiger partial charge in [0.25, 0.3) is 0 Å². The molecule has 12 heavy (non-hydrogen) atoms. The molecule has 0 aliphatic rings. The summed E-state index contributed by atoms with van der Waals surface area (Å²) in [4.78, 5) is 10.7. The van der Waals surface area contributed by atoms with E-state index in [1.165, 1.54) is 18.2 Å². The molecule has 3 heteroatoms. The van der Waals surface area contributed by atoms with Crippen molar-refractivity contribution in [1.29, 1.82) is 0 Å². The van der Waals surface area contributed by atoms with Crippen LogP contribution in [0.1, 0.15) is 0 Å². The molecule has 0 atom stereocenters. The first-order chi connectivity index (χ1) is 5.77. The maximum atomic E-state index is 12.9. The Morgan fingerprint density at radius 3 is 2.83 bits per heavy atom. The number of fused-ring (bicyclic) bond motifs is 1. The number of hydrogen-bond acceptors (Lipinski definition) is 2. The highest BCUT2D eigenvalue weighted by molar-refractivity contribution is 5.76. The second kappa shape index (κ2) is 2.44. The number of rotatable bonds is 0. The Kier molecular flexibility index (Phi) is 1.43. The number of hydrogen-bond donors (Lipinski definition) is 0. The van der Waals surface area contributed by atoms with Gasteiger partial charge in [0, 0.05) is 11.5 Å². The van der Waals surface area contributed by atoms with Gasteiger partial charge < -0.3 is 4.42 Å². The monoisotopic (exact) mass is 164 g/mol. The van der Waals surface area contributed by atoms with Gasteiger partial charge in [-0.25, -0.2) is 9.18 Å². The molecule has 0 aliphatic carbocycles. The summed E-state index contributed by atoms with van der Waals surface area (Å²) in [5.41, 5.74) is -0.516. The minimum absolute atomic E-state index is 0.0185. The van der Waals surface area contributed by atoms with Gasteiger partial charge in [-0.2, -0.15) is 0 Å². The first-order valence-electron chi connectivity index (χ1n) is 3.46. The third kappa shape index (κ3) is 0.993. The van der Waals surface area contributed by atoms with Gasteiger partial charge in [0.05, 0.1) is 0 Å². The highest BCUT2D eigenvalue weighted by Gasteiger charge is 2.01. The van der Waals surface area contributed by atoms with Crippen LogP contribution in [0, 0.1) is 5.82 Å². The summed E-state index contributed by atoms with van der Waals surface area (Å²) in [6.07, 6.45) is 0. The second-order valence-electron chi connectivity index (χ2n) is 2.41. The predicted molar refractivity (Wildman–Crippen MR) is 42.4 cm³/mol. The average Bonchev–Trinajstić information content (AvgIpc) is 2.07. The van der Waals surface area contributed by atoms with Gasteiger partial charge in [0.2, 0.25) is 0 Å². The average molecular weight is 164 g/mol. The summed E-state index contributed by atoms with van der Waals surface area (Å²) in [5.74, 6) is -0.509. The molecular formula is C9H5FO2. The predicted octanol–water partition coefficient (Wildman–Crippen LogP) is 1.93. The fourth-order valence-corrected chi connectivity index (χ4v) is 1.06. The fraction of sp³-hybridized carbons (Fsp3) is 0. The summed E-state index contributed by atoms with van der Waals surface area (Å²) in [6, 6.07) is 7.30. The molecule has 2 nitrogen and oxygen atoms in total. The lowest BCUT2D eigenvalue weighted by atomic mass is 10.2. The largest absolute Gasteiger partial charge is 0.420 e. The summed E-state index contributed by atoms with van der Waals surface area (Å²) < 4.78 is 17.6. The van der Waals surface area contributed by atoms with Crippen LogP contribution in [0.5, 0.6) is 0 Å². The first kappa shape index (κ1) is 7.03. The van der Waals surface area contributed by atoms with Crippen molar-refractivity contribution in [2.75, 3.05) is 0 Å². The normalized spacial score (nSPS) is 10.4. The van der Waals surface area contributed by atoms with Crippen molar-refractivity contribution in [2.24, 2.45) is 0 Å². The SMILES string of the molecule is O=c1ccc2cccc(F)c2o1. The zero-order valence-electron chi connectivity index (χ0n) is 6.08. The topological polar surface area (TPSA) is 30.2 Å². The highest BCUT2D eigenvalue weighted by atomic mass is 19.1. The molecule has 0 saturated heterocycles. The Bertz CT molecular complexity index is 473. The van der Waals surface area contributed by atoms with Gasteiger partial charge in [-0.15, -0.1) is 0 Å². The van der Waals surface area contributed by atoms with Crippen molar-refractivity contribution in [1.82, 2.24) is 0 Å². The van der Waals surface area contributed by atoms with Crippen molar-refractivity contribution >= 4 is 11.0 Å². The van der Waals surface area contributed by atoms with Crippen LogP contribution in [0.25, 0.3) is 11.0 Å². The zero-order valence-corrected chi connectivity index (χ0v) is 6.08. The quantitative estimate of drug-likeness (QED) is 0.557. The molecule has 0 N–H and O–H groups in total. The van der Waals surface area contributed by atoms with Gasteiger partial charge in [-0.1, -0.05) is 12.1 Å². The lowest BCUT2D eigenvalue weighted by Gasteiger charge is -1.94. The van der Waals surface area contributed by atoms with Crippen LogP contribution in [-0.2, 0) is 0 Å². The molecule has 0 saturated carbocycles. The standard InChI is InChI=1S/C9H5FO2/c10-7-3-1-2-6-4-5-8(11)12-9(6)7/h1-5H. The van der Waals surface area contributed by atoms with E-state index in [2.05, 4.69) is 4.42 Å². The van der Waals surface area contributed by atoms with E-state index in [0.29, 0.717) is 5.39 Å². The van der Waals surface area contributed by atoms with Gasteiger partial charge in [-0.05, 0) is 12.1 Å². The van der Waals surface area contributed by atoms with E-state index in [4.69, 9.17) is 0 Å². The number of halogens is 1. The third-order valence-corrected chi connectivity index (χ3v) is 1.60. The molecule has 1 aromatic heterocycles. The van der Waals surface area contributed by atoms with E-state index in [1.54, 1.807) is 12.1 Å². The van der Waals surface area contributed by atoms with Crippen molar-refractivity contribution in [2.45, 2.75) is 0 Å². The third-order valence-electron chi connectivity index (χ3n) is 1.60. The molecule has 2 rings (SSSR count). The van der Waals surface area contributed by atoms with Crippen LogP contribution in [0.15, 0.2) is 39.5 Å². The Hall–Kier alpha value is -1.64. The first-order valence-corrected chi connectivity index (χ1v) is 3.46. The van der Waals surface area contributed by atoms with E-state index in [0.717, 1.165) is 0 Å². The van der Waals surface area contributed by atoms with E-state index in [-0.39, 0.29) is 5.58 Å². The minimum atomic E-state index is -0.535. The summed E-state index contributed by atoms with van der Waals surface area (Å²) >= 11 is 0. The molecule has 1 aromatic carbocycles. The molecule has 0 fully saturated rings. The Morgan fingerprint density at radius 1 is 1.17 bits per heavy atom. The van der Waals surface area contributed by atoms with Gasteiger partial charge >= 0.3 is 5.63 Å². The van der Waals surface area contributed by atoms with Crippen molar-refractivity contribution in [3.63, 3.8) is 0 Å². The molecular weight excluding hydrogens is 159 g/mol. The fourth-order valence-electron chi connectivity index (χ4n) is 1.06. The summed E-state index contributed by atoms with van der Waals surface area (Å²) in [6.45, 7) is 0. The molecule has 60 valence electrons. The molecule has 0 amide bonds. The maximum Gasteiger partial charge on any atom is 0.336 e. The Labute approximate surface area is 67.2 Å². The molecule has 0 radical (unpaired) electrons. The van der Waals surface area contributed by atoms with Crippen LogP contribution < -0.4 is 5.63 Å². The van der Waals surface area contributed by atoms with Crippen molar-refractivity contribution in [3.8, 4) is 0 Å². The lowest BCUT2D eigenvalue weighted by molar-refractivity contribution is 0.524. The smallest absolute Gasteiger partial charge is 0.336 e. The van der Waals surface area contributed by atoms with Crippen LogP contribution in [0.3, 0.4) is 0 Å². The van der Waals surface area contributed by atoms with Crippen molar-refractivity contribution in [3.05, 3.63) is 46.6 Å². The molecule has 2 aromatic rings.